The molecule has 5 rings (SSSR count). The Morgan fingerprint density at radius 2 is 1.60 bits per heavy atom. The Labute approximate surface area is 211 Å². The molecule has 0 aliphatic heterocycles. The smallest absolute Gasteiger partial charge is 0.310 e. The molecular formula is C30H48O5. The molecule has 5 heteroatoms. The number of aliphatic hydroxyl groups is 3. The van der Waals surface area contributed by atoms with Crippen LogP contribution in [0.15, 0.2) is 11.6 Å². The zero-order valence-corrected chi connectivity index (χ0v) is 22.9. The predicted octanol–water partition coefficient (Wildman–Crippen LogP) is 5.18. The van der Waals surface area contributed by atoms with Crippen LogP contribution in [0.5, 0.6) is 0 Å². The molecule has 5 aliphatic carbocycles. The van der Waals surface area contributed by atoms with Crippen molar-refractivity contribution >= 4 is 5.97 Å². The van der Waals surface area contributed by atoms with Gasteiger partial charge in [-0.1, -0.05) is 53.2 Å². The monoisotopic (exact) mass is 488 g/mol. The first-order valence-corrected chi connectivity index (χ1v) is 14.0. The lowest BCUT2D eigenvalue weighted by atomic mass is 9.33. The summed E-state index contributed by atoms with van der Waals surface area (Å²) in [5, 5.41) is 44.3. The van der Waals surface area contributed by atoms with Crippen LogP contribution < -0.4 is 0 Å². The van der Waals surface area contributed by atoms with E-state index in [4.69, 9.17) is 0 Å². The molecule has 4 fully saturated rings. The van der Waals surface area contributed by atoms with Gasteiger partial charge in [0.15, 0.2) is 0 Å². The first-order chi connectivity index (χ1) is 16.0. The minimum absolute atomic E-state index is 0.0535. The summed E-state index contributed by atoms with van der Waals surface area (Å²) in [6, 6.07) is 0. The summed E-state index contributed by atoms with van der Waals surface area (Å²) < 4.78 is 0. The van der Waals surface area contributed by atoms with Crippen molar-refractivity contribution in [2.24, 2.45) is 50.7 Å². The fraction of sp³-hybridized carbons (Fsp3) is 0.900. The third-order valence-corrected chi connectivity index (χ3v) is 13.4. The number of carboxylic acid groups (broad SMARTS) is 1. The Balaban J connectivity index is 1.65. The maximum atomic E-state index is 12.8. The SMILES string of the molecule is CC1CC[C@]2(C(=O)O)CC[C@]3(C)C(=CCC4[C@@]5(C)CC(O)C(O)C(C)(C)C5CC[C@]43C)C2[C@]1(C)O. The average molecular weight is 489 g/mol. The van der Waals surface area contributed by atoms with E-state index in [1.54, 1.807) is 0 Å². The molecule has 11 atom stereocenters. The van der Waals surface area contributed by atoms with Crippen LogP contribution in [-0.2, 0) is 4.79 Å². The van der Waals surface area contributed by atoms with Gasteiger partial charge in [0.2, 0.25) is 0 Å². The fourth-order valence-corrected chi connectivity index (χ4v) is 11.0. The van der Waals surface area contributed by atoms with Crippen LogP contribution in [0, 0.1) is 50.7 Å². The number of aliphatic hydroxyl groups excluding tert-OH is 2. The molecule has 0 aromatic heterocycles. The molecule has 198 valence electrons. The summed E-state index contributed by atoms with van der Waals surface area (Å²) in [4.78, 5) is 12.8. The highest BCUT2D eigenvalue weighted by molar-refractivity contribution is 5.77. The largest absolute Gasteiger partial charge is 0.481 e. The van der Waals surface area contributed by atoms with Gasteiger partial charge in [0, 0.05) is 5.92 Å². The third-order valence-electron chi connectivity index (χ3n) is 13.4. The molecule has 0 heterocycles. The van der Waals surface area contributed by atoms with Crippen LogP contribution in [0.3, 0.4) is 0 Å². The van der Waals surface area contributed by atoms with Crippen molar-refractivity contribution < 1.29 is 25.2 Å². The Bertz CT molecular complexity index is 952. The quantitative estimate of drug-likeness (QED) is 0.382. The van der Waals surface area contributed by atoms with Gasteiger partial charge in [0.1, 0.15) is 0 Å². The second kappa shape index (κ2) is 7.35. The second-order valence-corrected chi connectivity index (χ2v) is 14.9. The van der Waals surface area contributed by atoms with E-state index in [1.807, 2.05) is 6.92 Å². The first kappa shape index (κ1) is 25.7. The number of hydrogen-bond donors (Lipinski definition) is 4. The van der Waals surface area contributed by atoms with E-state index < -0.39 is 29.2 Å². The van der Waals surface area contributed by atoms with Crippen molar-refractivity contribution in [2.45, 2.75) is 118 Å². The van der Waals surface area contributed by atoms with Crippen LogP contribution in [0.1, 0.15) is 99.8 Å². The normalized spacial score (nSPS) is 57.1. The first-order valence-electron chi connectivity index (χ1n) is 14.0. The summed E-state index contributed by atoms with van der Waals surface area (Å²) in [7, 11) is 0. The van der Waals surface area contributed by atoms with Crippen molar-refractivity contribution in [3.05, 3.63) is 11.6 Å². The van der Waals surface area contributed by atoms with Crippen LogP contribution in [0.4, 0.5) is 0 Å². The number of carbonyl (C=O) groups is 1. The van der Waals surface area contributed by atoms with Crippen molar-refractivity contribution in [1.29, 1.82) is 0 Å². The van der Waals surface area contributed by atoms with Gasteiger partial charge in [-0.25, -0.2) is 0 Å². The highest BCUT2D eigenvalue weighted by atomic mass is 16.4. The Hall–Kier alpha value is -0.910. The molecule has 5 aliphatic rings. The van der Waals surface area contributed by atoms with Gasteiger partial charge in [0.25, 0.3) is 0 Å². The fourth-order valence-electron chi connectivity index (χ4n) is 11.0. The van der Waals surface area contributed by atoms with Gasteiger partial charge in [-0.2, -0.15) is 0 Å². The molecule has 5 nitrogen and oxygen atoms in total. The van der Waals surface area contributed by atoms with Gasteiger partial charge in [-0.05, 0) is 97.7 Å². The number of fused-ring (bicyclic) bond motifs is 7. The minimum atomic E-state index is -1.05. The zero-order valence-electron chi connectivity index (χ0n) is 22.9. The van der Waals surface area contributed by atoms with Crippen molar-refractivity contribution in [3.63, 3.8) is 0 Å². The molecule has 6 unspecified atom stereocenters. The average Bonchev–Trinajstić information content (AvgIpc) is 2.75. The lowest BCUT2D eigenvalue weighted by molar-refractivity contribution is -0.237. The molecule has 0 radical (unpaired) electrons. The Morgan fingerprint density at radius 1 is 0.943 bits per heavy atom. The van der Waals surface area contributed by atoms with Crippen LogP contribution in [0.2, 0.25) is 0 Å². The Morgan fingerprint density at radius 3 is 2.23 bits per heavy atom. The molecule has 0 aromatic rings. The van der Waals surface area contributed by atoms with Gasteiger partial charge >= 0.3 is 5.97 Å². The van der Waals surface area contributed by atoms with E-state index >= 15 is 0 Å². The van der Waals surface area contributed by atoms with E-state index in [0.717, 1.165) is 32.1 Å². The van der Waals surface area contributed by atoms with Gasteiger partial charge in [-0.15, -0.1) is 0 Å². The molecule has 0 saturated heterocycles. The summed E-state index contributed by atoms with van der Waals surface area (Å²) >= 11 is 0. The number of allylic oxidation sites excluding steroid dienone is 1. The molecule has 0 bridgehead atoms. The maximum Gasteiger partial charge on any atom is 0.310 e. The van der Waals surface area contributed by atoms with E-state index in [1.165, 1.54) is 5.57 Å². The summed E-state index contributed by atoms with van der Waals surface area (Å²) in [6.07, 6.45) is 7.21. The van der Waals surface area contributed by atoms with Gasteiger partial charge in [-0.3, -0.25) is 4.79 Å². The van der Waals surface area contributed by atoms with Crippen LogP contribution in [-0.4, -0.2) is 44.2 Å². The minimum Gasteiger partial charge on any atom is -0.481 e. The lowest BCUT2D eigenvalue weighted by Gasteiger charge is -2.72. The predicted molar refractivity (Wildman–Crippen MR) is 135 cm³/mol. The van der Waals surface area contributed by atoms with Crippen molar-refractivity contribution in [2.75, 3.05) is 0 Å². The van der Waals surface area contributed by atoms with Crippen LogP contribution >= 0.6 is 0 Å². The lowest BCUT2D eigenvalue weighted by Crippen LogP contribution is -2.68. The number of aliphatic carboxylic acids is 1. The standard InChI is InChI=1S/C30H48O5/c1-17-10-13-30(24(33)34)15-14-27(5)18(22(30)29(17,7)35)8-9-21-26(4)16-19(31)23(32)25(2,3)20(26)11-12-28(21,27)6/h8,17,19-23,31-32,35H,9-16H2,1-7H3,(H,33,34)/t17?,19?,20?,21?,22?,23?,26-,27+,28+,29+,30-/m0/s1. The molecule has 35 heavy (non-hydrogen) atoms. The zero-order chi connectivity index (χ0) is 26.0. The maximum absolute atomic E-state index is 12.8. The summed E-state index contributed by atoms with van der Waals surface area (Å²) in [5.74, 6) is -0.394. The van der Waals surface area contributed by atoms with Crippen molar-refractivity contribution in [1.82, 2.24) is 0 Å². The van der Waals surface area contributed by atoms with E-state index in [0.29, 0.717) is 31.1 Å². The highest BCUT2D eigenvalue weighted by Crippen LogP contribution is 2.76. The Kier molecular flexibility index (Phi) is 5.40. The summed E-state index contributed by atoms with van der Waals surface area (Å²) in [5.41, 5.74) is -1.46. The van der Waals surface area contributed by atoms with E-state index in [-0.39, 0.29) is 33.5 Å². The molecule has 0 spiro atoms. The van der Waals surface area contributed by atoms with E-state index in [2.05, 4.69) is 47.6 Å². The number of rotatable bonds is 1. The molecule has 4 N–H and O–H groups in total. The summed E-state index contributed by atoms with van der Waals surface area (Å²) in [6.45, 7) is 15.3. The third kappa shape index (κ3) is 2.90. The highest BCUT2D eigenvalue weighted by Gasteiger charge is 2.71. The van der Waals surface area contributed by atoms with E-state index in [9.17, 15) is 25.2 Å². The van der Waals surface area contributed by atoms with Gasteiger partial charge in [0.05, 0.1) is 23.2 Å². The molecule has 4 saturated carbocycles. The molecular weight excluding hydrogens is 440 g/mol. The van der Waals surface area contributed by atoms with Crippen molar-refractivity contribution in [3.8, 4) is 0 Å². The van der Waals surface area contributed by atoms with Crippen LogP contribution in [0.25, 0.3) is 0 Å². The molecule has 0 aromatic carbocycles. The van der Waals surface area contributed by atoms with Gasteiger partial charge < -0.3 is 20.4 Å². The number of hydrogen-bond acceptors (Lipinski definition) is 4. The second-order valence-electron chi connectivity index (χ2n) is 14.9. The molecule has 0 amide bonds. The number of carboxylic acids is 1. The topological polar surface area (TPSA) is 98.0 Å².